The van der Waals surface area contributed by atoms with Crippen LogP contribution < -0.4 is 5.32 Å². The van der Waals surface area contributed by atoms with E-state index in [1.165, 1.54) is 26.2 Å². The molecule has 0 aromatic rings. The molecule has 0 aromatic carbocycles. The third-order valence-corrected chi connectivity index (χ3v) is 4.49. The van der Waals surface area contributed by atoms with E-state index in [-0.39, 0.29) is 6.42 Å². The molecule has 8 heteroatoms. The van der Waals surface area contributed by atoms with E-state index in [1.807, 2.05) is 0 Å². The Morgan fingerprint density at radius 3 is 2.27 bits per heavy atom. The van der Waals surface area contributed by atoms with Crippen LogP contribution in [-0.4, -0.2) is 64.4 Å². The smallest absolute Gasteiger partial charge is 0.306 e. The third-order valence-electron chi connectivity index (χ3n) is 4.49. The van der Waals surface area contributed by atoms with Gasteiger partial charge in [0.15, 0.2) is 12.4 Å². The average Bonchev–Trinajstić information content (AvgIpc) is 2.59. The number of nitrogens with one attached hydrogen (secondary N) is 1. The Morgan fingerprint density at radius 1 is 1.08 bits per heavy atom. The fourth-order valence-electron chi connectivity index (χ4n) is 3.05. The number of aliphatic hydroxyl groups excluding tert-OH is 3. The predicted molar refractivity (Wildman–Crippen MR) is 94.1 cm³/mol. The van der Waals surface area contributed by atoms with Crippen molar-refractivity contribution in [2.45, 2.75) is 95.9 Å². The van der Waals surface area contributed by atoms with Gasteiger partial charge in [-0.1, -0.05) is 45.4 Å². The number of rotatable bonds is 11. The van der Waals surface area contributed by atoms with Crippen LogP contribution >= 0.6 is 0 Å². The van der Waals surface area contributed by atoms with Crippen LogP contribution in [0.2, 0.25) is 0 Å². The number of carbonyl (C=O) groups is 2. The molecule has 5 atom stereocenters. The number of amides is 1. The van der Waals surface area contributed by atoms with Gasteiger partial charge in [-0.3, -0.25) is 9.59 Å². The molecule has 0 spiro atoms. The fraction of sp³-hybridized carbons (Fsp3) is 0.889. The summed E-state index contributed by atoms with van der Waals surface area (Å²) in [6.45, 7) is 2.86. The quantitative estimate of drug-likeness (QED) is 0.308. The number of carbonyl (C=O) groups excluding carboxylic acids is 2. The summed E-state index contributed by atoms with van der Waals surface area (Å²) in [5.41, 5.74) is 0. The molecule has 0 aliphatic carbocycles. The monoisotopic (exact) mass is 375 g/mol. The van der Waals surface area contributed by atoms with Crippen LogP contribution in [0.5, 0.6) is 0 Å². The van der Waals surface area contributed by atoms with Crippen molar-refractivity contribution >= 4 is 11.9 Å². The van der Waals surface area contributed by atoms with Gasteiger partial charge in [0, 0.05) is 13.3 Å². The predicted octanol–water partition coefficient (Wildman–Crippen LogP) is 0.614. The Labute approximate surface area is 154 Å². The molecule has 0 aromatic heterocycles. The zero-order valence-corrected chi connectivity index (χ0v) is 15.7. The standard InChI is InChI=1S/C18H33NO7/c1-3-4-5-6-7-8-9-10-14(22)26-17-15(19-12(2)21)18(24)25-13(11-20)16(17)23/h13,15-18,20,23-24H,3-11H2,1-2H3,(H,19,21)/t13-,15-,16+,17+,18+/m0/s1. The number of aliphatic hydroxyl groups is 3. The van der Waals surface area contributed by atoms with Crippen LogP contribution in [0.3, 0.4) is 0 Å². The van der Waals surface area contributed by atoms with Crippen molar-refractivity contribution in [3.8, 4) is 0 Å². The Balaban J connectivity index is 2.49. The number of unbranched alkanes of at least 4 members (excludes halogenated alkanes) is 6. The van der Waals surface area contributed by atoms with Crippen molar-refractivity contribution in [1.82, 2.24) is 5.32 Å². The first kappa shape index (κ1) is 22.8. The second-order valence-electron chi connectivity index (χ2n) is 6.79. The highest BCUT2D eigenvalue weighted by molar-refractivity contribution is 5.73. The Bertz CT molecular complexity index is 432. The summed E-state index contributed by atoms with van der Waals surface area (Å²) in [5, 5.41) is 31.9. The van der Waals surface area contributed by atoms with E-state index < -0.39 is 49.1 Å². The summed E-state index contributed by atoms with van der Waals surface area (Å²) in [6.07, 6.45) is 2.52. The molecule has 1 aliphatic heterocycles. The Hall–Kier alpha value is -1.22. The van der Waals surface area contributed by atoms with E-state index in [0.717, 1.165) is 19.3 Å². The SMILES string of the molecule is CCCCCCCCCC(=O)O[C@H]1[C@H](O)[C@H](CO)O[C@@H](O)[C@H]1NC(C)=O. The van der Waals surface area contributed by atoms with E-state index in [9.17, 15) is 24.9 Å². The highest BCUT2D eigenvalue weighted by Crippen LogP contribution is 2.23. The Kier molecular flexibility index (Phi) is 10.7. The van der Waals surface area contributed by atoms with Crippen LogP contribution in [0.4, 0.5) is 0 Å². The van der Waals surface area contributed by atoms with Crippen LogP contribution in [0.1, 0.15) is 65.2 Å². The summed E-state index contributed by atoms with van der Waals surface area (Å²) >= 11 is 0. The summed E-state index contributed by atoms with van der Waals surface area (Å²) in [4.78, 5) is 23.4. The summed E-state index contributed by atoms with van der Waals surface area (Å²) in [5.74, 6) is -0.968. The minimum absolute atomic E-state index is 0.199. The fourth-order valence-corrected chi connectivity index (χ4v) is 3.05. The molecule has 26 heavy (non-hydrogen) atoms. The van der Waals surface area contributed by atoms with Gasteiger partial charge in [0.1, 0.15) is 18.2 Å². The second kappa shape index (κ2) is 12.2. The van der Waals surface area contributed by atoms with Gasteiger partial charge >= 0.3 is 5.97 Å². The number of hydrogen-bond acceptors (Lipinski definition) is 7. The first-order chi connectivity index (χ1) is 12.4. The van der Waals surface area contributed by atoms with E-state index in [0.29, 0.717) is 6.42 Å². The molecule has 1 amide bonds. The zero-order chi connectivity index (χ0) is 19.5. The molecule has 0 unspecified atom stereocenters. The van der Waals surface area contributed by atoms with Crippen LogP contribution in [0, 0.1) is 0 Å². The van der Waals surface area contributed by atoms with Crippen molar-refractivity contribution in [3.05, 3.63) is 0 Å². The van der Waals surface area contributed by atoms with Crippen molar-refractivity contribution in [2.75, 3.05) is 6.61 Å². The summed E-state index contributed by atoms with van der Waals surface area (Å²) in [7, 11) is 0. The second-order valence-corrected chi connectivity index (χ2v) is 6.79. The molecule has 1 fully saturated rings. The average molecular weight is 375 g/mol. The van der Waals surface area contributed by atoms with E-state index in [4.69, 9.17) is 9.47 Å². The van der Waals surface area contributed by atoms with Crippen LogP contribution in [-0.2, 0) is 19.1 Å². The maximum absolute atomic E-state index is 12.1. The molecule has 0 saturated carbocycles. The van der Waals surface area contributed by atoms with Gasteiger partial charge < -0.3 is 30.1 Å². The van der Waals surface area contributed by atoms with Crippen molar-refractivity contribution in [3.63, 3.8) is 0 Å². The minimum atomic E-state index is -1.49. The van der Waals surface area contributed by atoms with E-state index in [2.05, 4.69) is 12.2 Å². The summed E-state index contributed by atoms with van der Waals surface area (Å²) in [6, 6.07) is -1.09. The number of hydrogen-bond donors (Lipinski definition) is 4. The highest BCUT2D eigenvalue weighted by atomic mass is 16.6. The van der Waals surface area contributed by atoms with Crippen molar-refractivity contribution in [2.24, 2.45) is 0 Å². The van der Waals surface area contributed by atoms with Gasteiger partial charge in [-0.25, -0.2) is 0 Å². The largest absolute Gasteiger partial charge is 0.457 e. The molecule has 0 radical (unpaired) electrons. The van der Waals surface area contributed by atoms with Gasteiger partial charge in [-0.15, -0.1) is 0 Å². The number of ether oxygens (including phenoxy) is 2. The lowest BCUT2D eigenvalue weighted by Gasteiger charge is -2.41. The molecule has 152 valence electrons. The van der Waals surface area contributed by atoms with Crippen molar-refractivity contribution < 1.29 is 34.4 Å². The molecule has 0 bridgehead atoms. The lowest BCUT2D eigenvalue weighted by molar-refractivity contribution is -0.258. The van der Waals surface area contributed by atoms with Gasteiger partial charge in [0.25, 0.3) is 0 Å². The van der Waals surface area contributed by atoms with E-state index >= 15 is 0 Å². The third kappa shape index (κ3) is 7.57. The van der Waals surface area contributed by atoms with Gasteiger partial charge in [0.05, 0.1) is 6.61 Å². The van der Waals surface area contributed by atoms with Crippen LogP contribution in [0.15, 0.2) is 0 Å². The molecule has 1 aliphatic rings. The van der Waals surface area contributed by atoms with Crippen molar-refractivity contribution in [1.29, 1.82) is 0 Å². The number of esters is 1. The van der Waals surface area contributed by atoms with Gasteiger partial charge in [0.2, 0.25) is 5.91 Å². The zero-order valence-electron chi connectivity index (χ0n) is 15.7. The maximum atomic E-state index is 12.1. The van der Waals surface area contributed by atoms with E-state index in [1.54, 1.807) is 0 Å². The lowest BCUT2D eigenvalue weighted by Crippen LogP contribution is -2.65. The normalized spacial score (nSPS) is 28.6. The Morgan fingerprint density at radius 2 is 1.69 bits per heavy atom. The summed E-state index contributed by atoms with van der Waals surface area (Å²) < 4.78 is 10.4. The molecule has 1 saturated heterocycles. The lowest BCUT2D eigenvalue weighted by atomic mass is 9.96. The molecule has 4 N–H and O–H groups in total. The van der Waals surface area contributed by atoms with Crippen LogP contribution in [0.25, 0.3) is 0 Å². The topological polar surface area (TPSA) is 125 Å². The molecular weight excluding hydrogens is 342 g/mol. The van der Waals surface area contributed by atoms with Gasteiger partial charge in [-0.2, -0.15) is 0 Å². The van der Waals surface area contributed by atoms with Gasteiger partial charge in [-0.05, 0) is 6.42 Å². The molecular formula is C18H33NO7. The maximum Gasteiger partial charge on any atom is 0.306 e. The first-order valence-corrected chi connectivity index (χ1v) is 9.49. The first-order valence-electron chi connectivity index (χ1n) is 9.49. The molecule has 8 nitrogen and oxygen atoms in total. The molecule has 1 rings (SSSR count). The highest BCUT2D eigenvalue weighted by Gasteiger charge is 2.47. The minimum Gasteiger partial charge on any atom is -0.457 e. The molecule has 1 heterocycles.